The zero-order valence-corrected chi connectivity index (χ0v) is 27.1. The number of unbranched alkanes of at least 4 members (excludes halogenated alkanes) is 4. The van der Waals surface area contributed by atoms with Gasteiger partial charge in [-0.3, -0.25) is 5.09 Å². The van der Waals surface area contributed by atoms with Crippen molar-refractivity contribution in [1.29, 1.82) is 0 Å². The monoisotopic (exact) mass is 560 g/mol. The molecule has 224 valence electrons. The third-order valence-electron chi connectivity index (χ3n) is 11.8. The van der Waals surface area contributed by atoms with E-state index in [4.69, 9.17) is 4.74 Å². The van der Waals surface area contributed by atoms with Crippen LogP contribution in [-0.2, 0) is 4.74 Å². The molecule has 0 aliphatic heterocycles. The van der Waals surface area contributed by atoms with Gasteiger partial charge in [0.25, 0.3) is 0 Å². The van der Waals surface area contributed by atoms with E-state index in [1.807, 2.05) is 0 Å². The van der Waals surface area contributed by atoms with Crippen molar-refractivity contribution < 1.29 is 9.53 Å². The summed E-state index contributed by atoms with van der Waals surface area (Å²) in [6.45, 7) is 14.0. The fourth-order valence-electron chi connectivity index (χ4n) is 9.45. The number of alkyl carbamates (subject to hydrolysis) is 1. The Kier molecular flexibility index (Phi) is 11.7. The number of allylic oxidation sites excluding steroid dienone is 1. The van der Waals surface area contributed by atoms with E-state index in [0.29, 0.717) is 10.8 Å². The molecule has 4 aliphatic rings. The second-order valence-corrected chi connectivity index (χ2v) is 15.4. The molecule has 5 heteroatoms. The molecule has 8 unspecified atom stereocenters. The van der Waals surface area contributed by atoms with Gasteiger partial charge in [-0.1, -0.05) is 80.2 Å². The van der Waals surface area contributed by atoms with Gasteiger partial charge in [-0.25, -0.2) is 4.79 Å². The maximum Gasteiger partial charge on any atom is 0.407 e. The van der Waals surface area contributed by atoms with Gasteiger partial charge in [0.1, 0.15) is 6.10 Å². The molecule has 0 aromatic carbocycles. The van der Waals surface area contributed by atoms with E-state index in [0.717, 1.165) is 70.7 Å². The summed E-state index contributed by atoms with van der Waals surface area (Å²) in [5.74, 6) is 4.42. The highest BCUT2D eigenvalue weighted by Crippen LogP contribution is 2.66. The van der Waals surface area contributed by atoms with Gasteiger partial charge in [0.05, 0.1) is 0 Å². The van der Waals surface area contributed by atoms with Gasteiger partial charge in [-0.2, -0.15) is 0 Å². The molecule has 0 heterocycles. The Hall–Kier alpha value is -0.600. The molecule has 0 saturated heterocycles. The van der Waals surface area contributed by atoms with E-state index in [9.17, 15) is 4.79 Å². The van der Waals surface area contributed by atoms with Crippen molar-refractivity contribution in [3.05, 3.63) is 11.6 Å². The molecule has 4 rings (SSSR count). The van der Waals surface area contributed by atoms with Crippen LogP contribution in [0, 0.1) is 40.4 Å². The summed E-state index contributed by atoms with van der Waals surface area (Å²) < 4.78 is 5.94. The first-order valence-corrected chi connectivity index (χ1v) is 18.3. The molecule has 0 bridgehead atoms. The largest absolute Gasteiger partial charge is 0.446 e. The lowest BCUT2D eigenvalue weighted by Crippen LogP contribution is -2.50. The minimum Gasteiger partial charge on any atom is -0.446 e. The molecule has 1 amide bonds. The lowest BCUT2D eigenvalue weighted by Gasteiger charge is -2.58. The average molecular weight is 561 g/mol. The molecular weight excluding hydrogens is 499 g/mol. The van der Waals surface area contributed by atoms with Gasteiger partial charge in [0.15, 0.2) is 0 Å². The highest BCUT2D eigenvalue weighted by atomic mass is 31.1. The molecule has 3 saturated carbocycles. The predicted molar refractivity (Wildman–Crippen MR) is 167 cm³/mol. The van der Waals surface area contributed by atoms with Crippen LogP contribution in [0.5, 0.6) is 0 Å². The number of nitrogens with one attached hydrogen (secondary N) is 2. The molecule has 3 fully saturated rings. The Labute approximate surface area is 242 Å². The molecule has 2 N–H and O–H groups in total. The van der Waals surface area contributed by atoms with Crippen molar-refractivity contribution >= 4 is 14.8 Å². The maximum atomic E-state index is 12.5. The second-order valence-electron chi connectivity index (χ2n) is 14.5. The molecule has 4 aliphatic carbocycles. The highest BCUT2D eigenvalue weighted by Gasteiger charge is 2.58. The molecule has 0 radical (unpaired) electrons. The van der Waals surface area contributed by atoms with Crippen molar-refractivity contribution in [2.75, 3.05) is 19.8 Å². The summed E-state index contributed by atoms with van der Waals surface area (Å²) in [4.78, 5) is 12.5. The van der Waals surface area contributed by atoms with Crippen LogP contribution in [0.2, 0.25) is 0 Å². The molecule has 0 spiro atoms. The number of fused-ring (bicyclic) bond motifs is 5. The normalized spacial score (nSPS) is 35.9. The summed E-state index contributed by atoms with van der Waals surface area (Å²) in [6.07, 6.45) is 23.1. The maximum absolute atomic E-state index is 12.5. The predicted octanol–water partition coefficient (Wildman–Crippen LogP) is 9.25. The van der Waals surface area contributed by atoms with Gasteiger partial charge >= 0.3 is 6.09 Å². The van der Waals surface area contributed by atoms with Gasteiger partial charge < -0.3 is 10.1 Å². The first-order valence-electron chi connectivity index (χ1n) is 16.8. The van der Waals surface area contributed by atoms with Crippen LogP contribution in [-0.4, -0.2) is 32.0 Å². The average Bonchev–Trinajstić information content (AvgIpc) is 3.24. The molecular formula is C34H61N2O2P. The number of hydrogen-bond acceptors (Lipinski definition) is 3. The first-order chi connectivity index (χ1) is 18.8. The number of amides is 1. The summed E-state index contributed by atoms with van der Waals surface area (Å²) in [5, 5.41) is 6.42. The van der Waals surface area contributed by atoms with Crippen LogP contribution in [0.3, 0.4) is 0 Å². The van der Waals surface area contributed by atoms with Crippen molar-refractivity contribution in [2.45, 2.75) is 137 Å². The Morgan fingerprint density at radius 3 is 2.56 bits per heavy atom. The Morgan fingerprint density at radius 1 is 1.00 bits per heavy atom. The van der Waals surface area contributed by atoms with Crippen LogP contribution in [0.4, 0.5) is 4.79 Å². The lowest BCUT2D eigenvalue weighted by atomic mass is 9.47. The Balaban J connectivity index is 1.24. The van der Waals surface area contributed by atoms with Crippen LogP contribution in [0.25, 0.3) is 0 Å². The third kappa shape index (κ3) is 7.63. The number of carbonyl (C=O) groups is 1. The van der Waals surface area contributed by atoms with Crippen molar-refractivity contribution in [2.24, 2.45) is 40.4 Å². The standard InChI is InChI=1S/C34H61N2O2P/c1-25(2)12-8-9-13-26-15-17-30-29-16-14-27-24-28(18-20-34(27,4)31(29)19-21-33(26,30)3)38-32(37)35-22-10-6-7-11-23-36-39-5/h14,25-26,28-31,36,39H,6-13,15-24H2,1-5H3,(H,35,37). The van der Waals surface area contributed by atoms with E-state index in [1.54, 1.807) is 5.57 Å². The summed E-state index contributed by atoms with van der Waals surface area (Å²) in [7, 11) is 0.835. The summed E-state index contributed by atoms with van der Waals surface area (Å²) >= 11 is 0. The molecule has 0 aromatic rings. The van der Waals surface area contributed by atoms with Gasteiger partial charge in [0.2, 0.25) is 0 Å². The van der Waals surface area contributed by atoms with E-state index < -0.39 is 0 Å². The summed E-state index contributed by atoms with van der Waals surface area (Å²) in [6, 6.07) is 0. The van der Waals surface area contributed by atoms with Crippen LogP contribution < -0.4 is 10.4 Å². The number of ether oxygens (including phenoxy) is 1. The van der Waals surface area contributed by atoms with E-state index >= 15 is 0 Å². The minimum atomic E-state index is -0.203. The van der Waals surface area contributed by atoms with Crippen LogP contribution >= 0.6 is 8.73 Å². The fraction of sp³-hybridized carbons (Fsp3) is 0.912. The highest BCUT2D eigenvalue weighted by molar-refractivity contribution is 7.34. The lowest BCUT2D eigenvalue weighted by molar-refractivity contribution is -0.0519. The molecule has 4 nitrogen and oxygen atoms in total. The molecule has 8 atom stereocenters. The Morgan fingerprint density at radius 2 is 1.79 bits per heavy atom. The topological polar surface area (TPSA) is 50.4 Å². The number of carbonyl (C=O) groups excluding carboxylic acids is 1. The Bertz CT molecular complexity index is 815. The third-order valence-corrected chi connectivity index (χ3v) is 12.4. The van der Waals surface area contributed by atoms with Crippen LogP contribution in [0.1, 0.15) is 130 Å². The molecule has 0 aromatic heterocycles. The van der Waals surface area contributed by atoms with E-state index in [2.05, 4.69) is 50.8 Å². The summed E-state index contributed by atoms with van der Waals surface area (Å²) in [5.41, 5.74) is 2.51. The zero-order chi connectivity index (χ0) is 27.9. The quantitative estimate of drug-likeness (QED) is 0.126. The number of hydrogen-bond donors (Lipinski definition) is 2. The van der Waals surface area contributed by atoms with Crippen LogP contribution in [0.15, 0.2) is 11.6 Å². The van der Waals surface area contributed by atoms with Crippen molar-refractivity contribution in [1.82, 2.24) is 10.4 Å². The number of rotatable bonds is 14. The zero-order valence-electron chi connectivity index (χ0n) is 26.1. The van der Waals surface area contributed by atoms with Gasteiger partial charge in [-0.05, 0) is 118 Å². The minimum absolute atomic E-state index is 0.0531. The molecule has 39 heavy (non-hydrogen) atoms. The van der Waals surface area contributed by atoms with Crippen molar-refractivity contribution in [3.63, 3.8) is 0 Å². The van der Waals surface area contributed by atoms with Gasteiger partial charge in [0, 0.05) is 13.0 Å². The SMILES string of the molecule is CPNCCCCCCNC(=O)OC1CCC2(C)C(=CCC3C2CCC2(C)C(CCCCC(C)C)CCC32)C1. The second kappa shape index (κ2) is 14.5. The van der Waals surface area contributed by atoms with E-state index in [-0.39, 0.29) is 12.2 Å². The van der Waals surface area contributed by atoms with E-state index in [1.165, 1.54) is 83.5 Å². The van der Waals surface area contributed by atoms with Gasteiger partial charge in [-0.15, -0.1) is 0 Å². The smallest absolute Gasteiger partial charge is 0.407 e. The fourth-order valence-corrected chi connectivity index (χ4v) is 9.88. The first kappa shape index (κ1) is 31.3. The van der Waals surface area contributed by atoms with Crippen molar-refractivity contribution in [3.8, 4) is 0 Å².